The van der Waals surface area contributed by atoms with E-state index in [9.17, 15) is 4.39 Å². The molecule has 7 heteroatoms. The maximum absolute atomic E-state index is 14.2. The molecule has 0 aliphatic rings. The molecule has 0 radical (unpaired) electrons. The van der Waals surface area contributed by atoms with Crippen molar-refractivity contribution in [3.63, 3.8) is 0 Å². The van der Waals surface area contributed by atoms with Crippen LogP contribution in [0.3, 0.4) is 0 Å². The normalized spacial score (nSPS) is 11.2. The lowest BCUT2D eigenvalue weighted by Crippen LogP contribution is -2.32. The molecule has 0 spiro atoms. The summed E-state index contributed by atoms with van der Waals surface area (Å²) < 4.78 is 15.9. The van der Waals surface area contributed by atoms with Crippen LogP contribution in [0.5, 0.6) is 0 Å². The van der Waals surface area contributed by atoms with Crippen molar-refractivity contribution in [2.75, 3.05) is 6.54 Å². The van der Waals surface area contributed by atoms with E-state index in [-0.39, 0.29) is 29.8 Å². The number of nitrogens with two attached hydrogens (primary N) is 1. The molecule has 0 unspecified atom stereocenters. The van der Waals surface area contributed by atoms with Crippen LogP contribution in [-0.4, -0.2) is 22.1 Å². The fourth-order valence-electron chi connectivity index (χ4n) is 2.10. The van der Waals surface area contributed by atoms with E-state index < -0.39 is 0 Å². The summed E-state index contributed by atoms with van der Waals surface area (Å²) in [6.45, 7) is 5.10. The number of aliphatic imine (C=N–C) groups is 1. The van der Waals surface area contributed by atoms with Gasteiger partial charge in [0.1, 0.15) is 11.6 Å². The van der Waals surface area contributed by atoms with E-state index in [1.165, 1.54) is 6.07 Å². The highest BCUT2D eigenvalue weighted by atomic mass is 127. The van der Waals surface area contributed by atoms with Gasteiger partial charge in [0, 0.05) is 18.9 Å². The monoisotopic (exact) mass is 431 g/mol. The van der Waals surface area contributed by atoms with Crippen molar-refractivity contribution in [2.24, 2.45) is 10.7 Å². The Balaban J connectivity index is 0.00000264. The first-order valence-corrected chi connectivity index (χ1v) is 7.44. The van der Waals surface area contributed by atoms with E-state index in [1.54, 1.807) is 23.0 Å². The number of aryl methyl sites for hydroxylation is 1. The number of rotatable bonds is 6. The third kappa shape index (κ3) is 5.49. The third-order valence-corrected chi connectivity index (χ3v) is 3.37. The van der Waals surface area contributed by atoms with E-state index in [4.69, 9.17) is 5.73 Å². The molecule has 0 atom stereocenters. The number of benzene rings is 1. The zero-order valence-corrected chi connectivity index (χ0v) is 15.8. The second kappa shape index (κ2) is 9.49. The van der Waals surface area contributed by atoms with E-state index in [0.29, 0.717) is 18.2 Å². The molecule has 1 aromatic heterocycles. The summed E-state index contributed by atoms with van der Waals surface area (Å²) in [5.74, 6) is 0.837. The van der Waals surface area contributed by atoms with Crippen LogP contribution in [0.2, 0.25) is 0 Å². The van der Waals surface area contributed by atoms with Gasteiger partial charge in [0.25, 0.3) is 0 Å². The number of imidazole rings is 1. The third-order valence-electron chi connectivity index (χ3n) is 3.37. The lowest BCUT2D eigenvalue weighted by molar-refractivity contribution is 0.614. The summed E-state index contributed by atoms with van der Waals surface area (Å²) in [4.78, 5) is 8.32. The average molecular weight is 431 g/mol. The highest BCUT2D eigenvalue weighted by Crippen LogP contribution is 2.17. The Morgan fingerprint density at radius 1 is 1.43 bits per heavy atom. The van der Waals surface area contributed by atoms with Crippen LogP contribution >= 0.6 is 24.0 Å². The van der Waals surface area contributed by atoms with Crippen molar-refractivity contribution in [3.05, 3.63) is 47.8 Å². The van der Waals surface area contributed by atoms with Gasteiger partial charge in [-0.1, -0.05) is 19.4 Å². The zero-order chi connectivity index (χ0) is 15.9. The number of halogens is 2. The van der Waals surface area contributed by atoms with Gasteiger partial charge < -0.3 is 15.6 Å². The Kier molecular flexibility index (Phi) is 8.01. The van der Waals surface area contributed by atoms with Crippen molar-refractivity contribution in [1.82, 2.24) is 14.9 Å². The minimum atomic E-state index is -0.300. The summed E-state index contributed by atoms with van der Waals surface area (Å²) in [7, 11) is 0. The fraction of sp³-hybridized carbons (Fsp3) is 0.375. The number of hydrogen-bond acceptors (Lipinski definition) is 2. The molecule has 23 heavy (non-hydrogen) atoms. The summed E-state index contributed by atoms with van der Waals surface area (Å²) in [5, 5.41) is 3.03. The van der Waals surface area contributed by atoms with Gasteiger partial charge in [-0.3, -0.25) is 0 Å². The molecule has 3 N–H and O–H groups in total. The smallest absolute Gasteiger partial charge is 0.188 e. The number of guanidine groups is 1. The molecule has 0 bridgehead atoms. The number of nitrogens with one attached hydrogen (secondary N) is 1. The maximum atomic E-state index is 14.2. The number of aromatic nitrogens is 2. The van der Waals surface area contributed by atoms with Crippen molar-refractivity contribution >= 4 is 29.9 Å². The van der Waals surface area contributed by atoms with Crippen LogP contribution in [-0.2, 0) is 6.54 Å². The standard InChI is InChI=1S/C16H22FN5.HI/c1-3-4-7-20-16(18)21-11-13-5-6-15(14(17)10-13)22-9-8-19-12(22)2;/h5-6,8-10H,3-4,7,11H2,1-2H3,(H3,18,20,21);1H. The van der Waals surface area contributed by atoms with Crippen LogP contribution < -0.4 is 11.1 Å². The molecule has 2 rings (SSSR count). The van der Waals surface area contributed by atoms with Crippen molar-refractivity contribution in [1.29, 1.82) is 0 Å². The molecule has 5 nitrogen and oxygen atoms in total. The molecule has 0 amide bonds. The van der Waals surface area contributed by atoms with Gasteiger partial charge in [0.15, 0.2) is 5.96 Å². The Labute approximate surface area is 153 Å². The summed E-state index contributed by atoms with van der Waals surface area (Å²) in [5.41, 5.74) is 7.02. The van der Waals surface area contributed by atoms with Crippen molar-refractivity contribution < 1.29 is 4.39 Å². The fourth-order valence-corrected chi connectivity index (χ4v) is 2.10. The van der Waals surface area contributed by atoms with E-state index in [1.807, 2.05) is 13.0 Å². The van der Waals surface area contributed by atoms with Gasteiger partial charge in [-0.15, -0.1) is 24.0 Å². The minimum absolute atomic E-state index is 0. The van der Waals surface area contributed by atoms with Gasteiger partial charge in [-0.05, 0) is 31.0 Å². The van der Waals surface area contributed by atoms with Crippen molar-refractivity contribution in [3.8, 4) is 5.69 Å². The largest absolute Gasteiger partial charge is 0.370 e. The Morgan fingerprint density at radius 3 is 2.83 bits per heavy atom. The van der Waals surface area contributed by atoms with Crippen LogP contribution in [0, 0.1) is 12.7 Å². The van der Waals surface area contributed by atoms with Crippen molar-refractivity contribution in [2.45, 2.75) is 33.2 Å². The Bertz CT molecular complexity index is 654. The van der Waals surface area contributed by atoms with Crippen LogP contribution in [0.25, 0.3) is 5.69 Å². The predicted molar refractivity (Wildman–Crippen MR) is 102 cm³/mol. The topological polar surface area (TPSA) is 68.2 Å². The quantitative estimate of drug-likeness (QED) is 0.320. The molecule has 126 valence electrons. The lowest BCUT2D eigenvalue weighted by atomic mass is 10.2. The number of hydrogen-bond donors (Lipinski definition) is 2. The first-order valence-electron chi connectivity index (χ1n) is 7.44. The van der Waals surface area contributed by atoms with Gasteiger partial charge in [-0.25, -0.2) is 14.4 Å². The summed E-state index contributed by atoms with van der Waals surface area (Å²) in [6.07, 6.45) is 5.53. The first kappa shape index (κ1) is 19.4. The number of nitrogens with zero attached hydrogens (tertiary/aromatic N) is 3. The van der Waals surface area contributed by atoms with E-state index >= 15 is 0 Å². The second-order valence-electron chi connectivity index (χ2n) is 5.11. The van der Waals surface area contributed by atoms with Gasteiger partial charge in [-0.2, -0.15) is 0 Å². The molecular weight excluding hydrogens is 408 g/mol. The Hall–Kier alpha value is -1.64. The molecule has 0 aliphatic heterocycles. The zero-order valence-electron chi connectivity index (χ0n) is 13.4. The van der Waals surface area contributed by atoms with Gasteiger partial charge in [0.2, 0.25) is 0 Å². The highest BCUT2D eigenvalue weighted by Gasteiger charge is 2.07. The average Bonchev–Trinajstić information content (AvgIpc) is 2.91. The summed E-state index contributed by atoms with van der Waals surface area (Å²) >= 11 is 0. The molecule has 1 heterocycles. The molecule has 0 aliphatic carbocycles. The van der Waals surface area contributed by atoms with E-state index in [2.05, 4.69) is 22.2 Å². The highest BCUT2D eigenvalue weighted by molar-refractivity contribution is 14.0. The molecule has 0 saturated carbocycles. The molecule has 0 fully saturated rings. The molecular formula is C16H23FIN5. The van der Waals surface area contributed by atoms with E-state index in [0.717, 1.165) is 30.8 Å². The SMILES string of the molecule is CCCCNC(N)=NCc1ccc(-n2ccnc2C)c(F)c1.I. The molecule has 0 saturated heterocycles. The Morgan fingerprint density at radius 2 is 2.22 bits per heavy atom. The predicted octanol–water partition coefficient (Wildman–Crippen LogP) is 3.14. The van der Waals surface area contributed by atoms with Crippen LogP contribution in [0.15, 0.2) is 35.6 Å². The lowest BCUT2D eigenvalue weighted by Gasteiger charge is -2.08. The summed E-state index contributed by atoms with van der Waals surface area (Å²) in [6, 6.07) is 5.06. The second-order valence-corrected chi connectivity index (χ2v) is 5.11. The van der Waals surface area contributed by atoms with Gasteiger partial charge in [0.05, 0.1) is 12.2 Å². The molecule has 2 aromatic rings. The first-order chi connectivity index (χ1) is 10.6. The number of unbranched alkanes of at least 4 members (excludes halogenated alkanes) is 1. The maximum Gasteiger partial charge on any atom is 0.188 e. The molecule has 1 aromatic carbocycles. The van der Waals surface area contributed by atoms with Crippen LogP contribution in [0.1, 0.15) is 31.2 Å². The minimum Gasteiger partial charge on any atom is -0.370 e. The van der Waals surface area contributed by atoms with Gasteiger partial charge >= 0.3 is 0 Å². The van der Waals surface area contributed by atoms with Crippen LogP contribution in [0.4, 0.5) is 4.39 Å².